The minimum absolute atomic E-state index is 0.667. The molecule has 0 bridgehead atoms. The van der Waals surface area contributed by atoms with E-state index >= 15 is 0 Å². The predicted molar refractivity (Wildman–Crippen MR) is 34.1 cm³/mol. The second kappa shape index (κ2) is 2.79. The molecule has 46 valence electrons. The number of rotatable bonds is 1. The third-order valence-electron chi connectivity index (χ3n) is 0.953. The van der Waals surface area contributed by atoms with E-state index in [-0.39, 0.29) is 0 Å². The summed E-state index contributed by atoms with van der Waals surface area (Å²) in [6.07, 6.45) is 7.36. The van der Waals surface area contributed by atoms with Gasteiger partial charge in [-0.1, -0.05) is 6.08 Å². The van der Waals surface area contributed by atoms with Crippen molar-refractivity contribution in [1.29, 1.82) is 0 Å². The number of azide groups is 1. The molecule has 0 aromatic carbocycles. The molecule has 0 atom stereocenters. The van der Waals surface area contributed by atoms with Crippen LogP contribution in [-0.2, 0) is 0 Å². The van der Waals surface area contributed by atoms with Gasteiger partial charge in [0, 0.05) is 0 Å². The Morgan fingerprint density at radius 1 is 1.56 bits per heavy atom. The maximum atomic E-state index is 7.98. The molecule has 0 unspecified atom stereocenters. The Morgan fingerprint density at radius 3 is 3.00 bits per heavy atom. The van der Waals surface area contributed by atoms with E-state index in [0.717, 1.165) is 0 Å². The first-order chi connectivity index (χ1) is 4.43. The molecule has 1 heterocycles. The van der Waals surface area contributed by atoms with Crippen LogP contribution in [0.15, 0.2) is 29.7 Å². The van der Waals surface area contributed by atoms with Gasteiger partial charge in [0.25, 0.3) is 0 Å². The van der Waals surface area contributed by atoms with Gasteiger partial charge in [0.05, 0.1) is 6.20 Å². The first kappa shape index (κ1) is 5.72. The molecule has 0 aromatic rings. The Kier molecular flexibility index (Phi) is 1.77. The maximum absolute atomic E-state index is 7.98. The van der Waals surface area contributed by atoms with Crippen molar-refractivity contribution in [3.05, 3.63) is 34.9 Å². The second-order valence-corrected chi connectivity index (χ2v) is 1.57. The van der Waals surface area contributed by atoms with Crippen LogP contribution in [0.1, 0.15) is 0 Å². The van der Waals surface area contributed by atoms with Gasteiger partial charge in [0.15, 0.2) is 0 Å². The van der Waals surface area contributed by atoms with Gasteiger partial charge in [-0.2, -0.15) is 4.91 Å². The summed E-state index contributed by atoms with van der Waals surface area (Å²) >= 11 is 0. The summed E-state index contributed by atoms with van der Waals surface area (Å²) in [4.78, 5) is 2.63. The summed E-state index contributed by atoms with van der Waals surface area (Å²) in [6, 6.07) is 0. The number of hydrogen-bond acceptors (Lipinski definition) is 1. The highest BCUT2D eigenvalue weighted by Gasteiger charge is 1.96. The fourth-order valence-corrected chi connectivity index (χ4v) is 0.575. The molecule has 0 spiro atoms. The topological polar surface area (TPSA) is 52.0 Å². The third-order valence-corrected chi connectivity index (χ3v) is 0.953. The first-order valence-electron chi connectivity index (χ1n) is 2.58. The van der Waals surface area contributed by atoms with Crippen LogP contribution in [-0.4, -0.2) is 11.6 Å². The maximum Gasteiger partial charge on any atom is 0.112 e. The Morgan fingerprint density at radius 2 is 2.44 bits per heavy atom. The molecule has 4 nitrogen and oxygen atoms in total. The minimum atomic E-state index is 0.667. The fourth-order valence-electron chi connectivity index (χ4n) is 0.575. The van der Waals surface area contributed by atoms with Gasteiger partial charge in [0.1, 0.15) is 6.54 Å². The highest BCUT2D eigenvalue weighted by atomic mass is 15.5. The predicted octanol–water partition coefficient (Wildman–Crippen LogP) is 1.60. The number of nitrogens with zero attached hydrogens (tertiary/aromatic N) is 4. The lowest BCUT2D eigenvalue weighted by atomic mass is 10.4. The monoisotopic (exact) mass is 122 g/mol. The normalized spacial score (nSPS) is 15.3. The van der Waals surface area contributed by atoms with E-state index in [1.54, 1.807) is 6.20 Å². The first-order valence-corrected chi connectivity index (χ1v) is 2.58. The molecule has 0 radical (unpaired) electrons. The Hall–Kier alpha value is -1.41. The van der Waals surface area contributed by atoms with Crippen molar-refractivity contribution in [2.75, 3.05) is 6.54 Å². The molecule has 0 N–H and O–H groups in total. The minimum Gasteiger partial charge on any atom is -0.217 e. The Balaban J connectivity index is 2.55. The van der Waals surface area contributed by atoms with Crippen LogP contribution in [0.2, 0.25) is 0 Å². The molecular weight excluding hydrogens is 116 g/mol. The SMILES string of the molecule is [N-]=[N+]=NN1C=CC=CC1. The lowest BCUT2D eigenvalue weighted by Crippen LogP contribution is -2.09. The van der Waals surface area contributed by atoms with E-state index in [0.29, 0.717) is 6.54 Å². The van der Waals surface area contributed by atoms with Crippen molar-refractivity contribution in [3.8, 4) is 0 Å². The number of hydrogen-bond donors (Lipinski definition) is 0. The number of allylic oxidation sites excluding steroid dienone is 2. The molecule has 1 rings (SSSR count). The van der Waals surface area contributed by atoms with Crippen molar-refractivity contribution in [2.24, 2.45) is 5.22 Å². The van der Waals surface area contributed by atoms with Crippen LogP contribution in [0.25, 0.3) is 10.4 Å². The van der Waals surface area contributed by atoms with Gasteiger partial charge in [-0.3, -0.25) is 0 Å². The van der Waals surface area contributed by atoms with Crippen molar-refractivity contribution in [3.63, 3.8) is 0 Å². The quantitative estimate of drug-likeness (QED) is 0.296. The molecule has 0 saturated carbocycles. The largest absolute Gasteiger partial charge is 0.217 e. The van der Waals surface area contributed by atoms with E-state index in [2.05, 4.69) is 10.1 Å². The summed E-state index contributed by atoms with van der Waals surface area (Å²) in [6.45, 7) is 0.667. The summed E-state index contributed by atoms with van der Waals surface area (Å²) in [5.41, 5.74) is 7.98. The van der Waals surface area contributed by atoms with Crippen LogP contribution in [0.4, 0.5) is 0 Å². The van der Waals surface area contributed by atoms with Crippen LogP contribution < -0.4 is 0 Å². The van der Waals surface area contributed by atoms with E-state index in [4.69, 9.17) is 5.53 Å². The highest BCUT2D eigenvalue weighted by Crippen LogP contribution is 1.97. The smallest absolute Gasteiger partial charge is 0.112 e. The Labute approximate surface area is 52.7 Å². The molecule has 9 heavy (non-hydrogen) atoms. The molecular formula is C5H6N4. The summed E-state index contributed by atoms with van der Waals surface area (Å²) < 4.78 is 0. The van der Waals surface area contributed by atoms with Crippen LogP contribution in [0.5, 0.6) is 0 Å². The lowest BCUT2D eigenvalue weighted by molar-refractivity contribution is 0.432. The van der Waals surface area contributed by atoms with Gasteiger partial charge < -0.3 is 0 Å². The van der Waals surface area contributed by atoms with Gasteiger partial charge in [-0.15, -0.1) is 5.53 Å². The van der Waals surface area contributed by atoms with Crippen LogP contribution >= 0.6 is 0 Å². The molecule has 0 amide bonds. The van der Waals surface area contributed by atoms with Gasteiger partial charge >= 0.3 is 0 Å². The molecule has 4 heteroatoms. The third kappa shape index (κ3) is 1.51. The van der Waals surface area contributed by atoms with Gasteiger partial charge in [0.2, 0.25) is 0 Å². The summed E-state index contributed by atoms with van der Waals surface area (Å²) in [5.74, 6) is 0. The lowest BCUT2D eigenvalue weighted by Gasteiger charge is -2.05. The van der Waals surface area contributed by atoms with E-state index in [1.807, 2.05) is 18.2 Å². The van der Waals surface area contributed by atoms with Gasteiger partial charge in [-0.25, -0.2) is 5.01 Å². The molecule has 1 aliphatic rings. The molecule has 1 aliphatic heterocycles. The van der Waals surface area contributed by atoms with Crippen LogP contribution in [0.3, 0.4) is 0 Å². The second-order valence-electron chi connectivity index (χ2n) is 1.57. The van der Waals surface area contributed by atoms with Crippen molar-refractivity contribution in [2.45, 2.75) is 0 Å². The standard InChI is InChI=1S/C5H6N4/c6-7-8-9-4-2-1-3-5-9/h1-4H,5H2. The van der Waals surface area contributed by atoms with Crippen molar-refractivity contribution in [1.82, 2.24) is 5.01 Å². The molecule has 0 saturated heterocycles. The summed E-state index contributed by atoms with van der Waals surface area (Å²) in [5, 5.41) is 4.87. The zero-order chi connectivity index (χ0) is 6.53. The zero-order valence-corrected chi connectivity index (χ0v) is 4.81. The van der Waals surface area contributed by atoms with E-state index in [1.165, 1.54) is 5.01 Å². The van der Waals surface area contributed by atoms with Gasteiger partial charge in [-0.05, 0) is 17.4 Å². The highest BCUT2D eigenvalue weighted by molar-refractivity contribution is 5.07. The molecule has 0 aliphatic carbocycles. The molecule has 0 aromatic heterocycles. The van der Waals surface area contributed by atoms with E-state index < -0.39 is 0 Å². The van der Waals surface area contributed by atoms with Crippen LogP contribution in [0, 0.1) is 0 Å². The Bertz CT molecular complexity index is 187. The average molecular weight is 122 g/mol. The zero-order valence-electron chi connectivity index (χ0n) is 4.81. The van der Waals surface area contributed by atoms with Crippen molar-refractivity contribution < 1.29 is 0 Å². The van der Waals surface area contributed by atoms with E-state index in [9.17, 15) is 0 Å². The van der Waals surface area contributed by atoms with Crippen molar-refractivity contribution >= 4 is 0 Å². The molecule has 0 fully saturated rings. The fraction of sp³-hybridized carbons (Fsp3) is 0.200. The summed E-state index contributed by atoms with van der Waals surface area (Å²) in [7, 11) is 0. The average Bonchev–Trinajstić information content (AvgIpc) is 1.91.